The molecule has 5 rings (SSSR count). The zero-order valence-electron chi connectivity index (χ0n) is 19.2. The maximum atomic E-state index is 13.5. The van der Waals surface area contributed by atoms with Crippen LogP contribution >= 0.6 is 0 Å². The van der Waals surface area contributed by atoms with Crippen molar-refractivity contribution in [3.8, 4) is 11.1 Å². The first-order valence-electron chi connectivity index (χ1n) is 12.0. The number of ether oxygens (including phenoxy) is 1. The SMILES string of the molecule is C[N@@+]1(CCCc2ccccc2)CCCC(OC(=O)C2(O)c3ccccc3-c3ccccc32)C1. The lowest BCUT2D eigenvalue weighted by Gasteiger charge is -2.41. The minimum atomic E-state index is -1.75. The molecule has 1 aliphatic carbocycles. The molecule has 0 amide bonds. The van der Waals surface area contributed by atoms with Crippen LogP contribution in [0.2, 0.25) is 0 Å². The molecule has 33 heavy (non-hydrogen) atoms. The van der Waals surface area contributed by atoms with Crippen LogP contribution < -0.4 is 0 Å². The highest BCUT2D eigenvalue weighted by molar-refractivity contribution is 5.96. The quantitative estimate of drug-likeness (QED) is 0.445. The number of hydrogen-bond donors (Lipinski definition) is 1. The number of aliphatic hydroxyl groups is 1. The van der Waals surface area contributed by atoms with Crippen molar-refractivity contribution in [1.29, 1.82) is 0 Å². The molecule has 1 heterocycles. The van der Waals surface area contributed by atoms with Gasteiger partial charge in [0.15, 0.2) is 6.10 Å². The van der Waals surface area contributed by atoms with Crippen LogP contribution in [0.5, 0.6) is 0 Å². The summed E-state index contributed by atoms with van der Waals surface area (Å²) >= 11 is 0. The van der Waals surface area contributed by atoms with Crippen molar-refractivity contribution in [3.63, 3.8) is 0 Å². The summed E-state index contributed by atoms with van der Waals surface area (Å²) in [5.74, 6) is -0.553. The first-order valence-corrected chi connectivity index (χ1v) is 12.0. The van der Waals surface area contributed by atoms with Gasteiger partial charge in [0.05, 0.1) is 20.1 Å². The van der Waals surface area contributed by atoms with E-state index in [1.54, 1.807) is 0 Å². The molecule has 0 radical (unpaired) electrons. The normalized spacial score (nSPS) is 22.9. The average Bonchev–Trinajstić information content (AvgIpc) is 3.10. The first kappa shape index (κ1) is 21.9. The van der Waals surface area contributed by atoms with Crippen molar-refractivity contribution in [2.75, 3.05) is 26.7 Å². The lowest BCUT2D eigenvalue weighted by Crippen LogP contribution is -2.55. The summed E-state index contributed by atoms with van der Waals surface area (Å²) in [6.07, 6.45) is 3.85. The minimum absolute atomic E-state index is 0.183. The van der Waals surface area contributed by atoms with Crippen LogP contribution in [0, 0.1) is 0 Å². The summed E-state index contributed by atoms with van der Waals surface area (Å²) in [6, 6.07) is 25.8. The summed E-state index contributed by atoms with van der Waals surface area (Å²) in [5.41, 5.74) is 2.65. The number of fused-ring (bicyclic) bond motifs is 3. The van der Waals surface area contributed by atoms with Gasteiger partial charge >= 0.3 is 5.97 Å². The van der Waals surface area contributed by atoms with E-state index < -0.39 is 11.6 Å². The van der Waals surface area contributed by atoms with E-state index >= 15 is 0 Å². The number of hydrogen-bond acceptors (Lipinski definition) is 3. The van der Waals surface area contributed by atoms with Gasteiger partial charge < -0.3 is 14.3 Å². The maximum Gasteiger partial charge on any atom is 0.348 e. The Bertz CT molecular complexity index is 1100. The fourth-order valence-corrected chi connectivity index (χ4v) is 5.65. The molecule has 0 aromatic heterocycles. The molecule has 1 fully saturated rings. The van der Waals surface area contributed by atoms with Gasteiger partial charge in [-0.3, -0.25) is 0 Å². The number of rotatable bonds is 6. The van der Waals surface area contributed by atoms with Crippen LogP contribution in [0.25, 0.3) is 11.1 Å². The van der Waals surface area contributed by atoms with Crippen LogP contribution in [0.1, 0.15) is 36.0 Å². The number of nitrogens with zero attached hydrogens (tertiary/aromatic N) is 1. The van der Waals surface area contributed by atoms with Gasteiger partial charge in [-0.2, -0.15) is 0 Å². The number of esters is 1. The van der Waals surface area contributed by atoms with Gasteiger partial charge in [-0.1, -0.05) is 78.9 Å². The first-order chi connectivity index (χ1) is 16.0. The molecule has 0 bridgehead atoms. The molecule has 4 nitrogen and oxygen atoms in total. The average molecular weight is 443 g/mol. The highest BCUT2D eigenvalue weighted by Gasteiger charge is 2.50. The van der Waals surface area contributed by atoms with Gasteiger partial charge in [0.1, 0.15) is 6.54 Å². The van der Waals surface area contributed by atoms with Crippen LogP contribution in [0.4, 0.5) is 0 Å². The van der Waals surface area contributed by atoms with Crippen LogP contribution in [0.15, 0.2) is 78.9 Å². The molecule has 0 saturated carbocycles. The number of piperidine rings is 1. The fourth-order valence-electron chi connectivity index (χ4n) is 5.65. The van der Waals surface area contributed by atoms with E-state index in [-0.39, 0.29) is 6.10 Å². The number of carbonyl (C=O) groups is 1. The Labute approximate surface area is 196 Å². The standard InChI is InChI=1S/C29H32NO3/c1-30(19-9-13-22-11-3-2-4-12-22)20-10-14-23(21-30)33-28(31)29(32)26-17-7-5-15-24(26)25-16-6-8-18-27(25)29/h2-8,11-12,15-18,23,32H,9-10,13-14,19-21H2,1H3/q+1/t23?,30-/m1/s1. The highest BCUT2D eigenvalue weighted by Crippen LogP contribution is 2.48. The van der Waals surface area contributed by atoms with Gasteiger partial charge in [0.25, 0.3) is 0 Å². The van der Waals surface area contributed by atoms with Crippen LogP contribution in [-0.2, 0) is 21.6 Å². The summed E-state index contributed by atoms with van der Waals surface area (Å²) in [4.78, 5) is 13.5. The molecule has 3 aromatic rings. The van der Waals surface area contributed by atoms with Gasteiger partial charge in [-0.05, 0) is 29.5 Å². The number of likely N-dealkylation sites (tertiary alicyclic amines) is 1. The molecule has 1 aliphatic heterocycles. The third-order valence-electron chi connectivity index (χ3n) is 7.37. The molecule has 2 atom stereocenters. The van der Waals surface area contributed by atoms with E-state index in [0.717, 1.165) is 60.9 Å². The van der Waals surface area contributed by atoms with E-state index in [1.807, 2.05) is 48.5 Å². The number of aryl methyl sites for hydroxylation is 1. The summed E-state index contributed by atoms with van der Waals surface area (Å²) in [7, 11) is 2.26. The molecule has 1 saturated heterocycles. The Kier molecular flexibility index (Phi) is 5.81. The van der Waals surface area contributed by atoms with Crippen molar-refractivity contribution in [2.45, 2.75) is 37.4 Å². The lowest BCUT2D eigenvalue weighted by atomic mass is 9.91. The highest BCUT2D eigenvalue weighted by atomic mass is 16.6. The van der Waals surface area contributed by atoms with E-state index in [9.17, 15) is 9.90 Å². The molecule has 170 valence electrons. The zero-order valence-corrected chi connectivity index (χ0v) is 19.2. The zero-order chi connectivity index (χ0) is 22.9. The molecule has 1 unspecified atom stereocenters. The van der Waals surface area contributed by atoms with Crippen molar-refractivity contribution >= 4 is 5.97 Å². The molecule has 1 N–H and O–H groups in total. The second kappa shape index (κ2) is 8.77. The topological polar surface area (TPSA) is 46.5 Å². The third-order valence-corrected chi connectivity index (χ3v) is 7.37. The molecule has 2 aliphatic rings. The summed E-state index contributed by atoms with van der Waals surface area (Å²) in [5, 5.41) is 11.7. The number of benzene rings is 3. The number of quaternary nitrogens is 1. The van der Waals surface area contributed by atoms with Crippen LogP contribution in [0.3, 0.4) is 0 Å². The Morgan fingerprint density at radius 3 is 2.24 bits per heavy atom. The van der Waals surface area contributed by atoms with Crippen molar-refractivity contribution in [3.05, 3.63) is 95.6 Å². The van der Waals surface area contributed by atoms with Crippen molar-refractivity contribution in [2.24, 2.45) is 0 Å². The predicted molar refractivity (Wildman–Crippen MR) is 130 cm³/mol. The second-order valence-corrected chi connectivity index (χ2v) is 9.81. The van der Waals surface area contributed by atoms with Crippen molar-refractivity contribution < 1.29 is 19.1 Å². The maximum absolute atomic E-state index is 13.5. The molecular weight excluding hydrogens is 410 g/mol. The second-order valence-electron chi connectivity index (χ2n) is 9.81. The van der Waals surface area contributed by atoms with Gasteiger partial charge in [0.2, 0.25) is 5.60 Å². The smallest absolute Gasteiger partial charge is 0.348 e. The monoisotopic (exact) mass is 442 g/mol. The van der Waals surface area contributed by atoms with Gasteiger partial charge in [-0.15, -0.1) is 0 Å². The van der Waals surface area contributed by atoms with E-state index in [2.05, 4.69) is 37.4 Å². The van der Waals surface area contributed by atoms with E-state index in [4.69, 9.17) is 4.74 Å². The van der Waals surface area contributed by atoms with E-state index in [1.165, 1.54) is 5.56 Å². The molecule has 3 aromatic carbocycles. The Balaban J connectivity index is 1.29. The molecule has 0 spiro atoms. The van der Waals surface area contributed by atoms with E-state index in [0.29, 0.717) is 11.1 Å². The van der Waals surface area contributed by atoms with Gasteiger partial charge in [-0.25, -0.2) is 4.79 Å². The Morgan fingerprint density at radius 1 is 0.970 bits per heavy atom. The van der Waals surface area contributed by atoms with Crippen molar-refractivity contribution in [1.82, 2.24) is 0 Å². The Hall–Kier alpha value is -2.95. The summed E-state index contributed by atoms with van der Waals surface area (Å²) < 4.78 is 6.95. The summed E-state index contributed by atoms with van der Waals surface area (Å²) in [6.45, 7) is 2.94. The largest absolute Gasteiger partial charge is 0.454 e. The molecule has 4 heteroatoms. The number of carbonyl (C=O) groups excluding carboxylic acids is 1. The Morgan fingerprint density at radius 2 is 1.58 bits per heavy atom. The fraction of sp³-hybridized carbons (Fsp3) is 0.345. The predicted octanol–water partition coefficient (Wildman–Crippen LogP) is 4.69. The van der Waals surface area contributed by atoms with Gasteiger partial charge in [0, 0.05) is 24.0 Å². The third kappa shape index (κ3) is 4.09. The molecular formula is C29H32NO3+. The van der Waals surface area contributed by atoms with Crippen LogP contribution in [-0.4, -0.2) is 48.3 Å². The lowest BCUT2D eigenvalue weighted by molar-refractivity contribution is -0.917. The minimum Gasteiger partial charge on any atom is -0.454 e. The number of likely N-dealkylation sites (N-methyl/N-ethyl adjacent to an activating group) is 1.